The summed E-state index contributed by atoms with van der Waals surface area (Å²) < 4.78 is 47.9. The lowest BCUT2D eigenvalue weighted by molar-refractivity contribution is -0.0494. The van der Waals surface area contributed by atoms with Gasteiger partial charge in [-0.2, -0.15) is 8.78 Å². The Bertz CT molecular complexity index is 594. The first-order valence-electron chi connectivity index (χ1n) is 7.91. The first kappa shape index (κ1) is 16.9. The highest BCUT2D eigenvalue weighted by molar-refractivity contribution is 5.91. The molecule has 2 heterocycles. The van der Waals surface area contributed by atoms with Crippen molar-refractivity contribution in [3.63, 3.8) is 0 Å². The van der Waals surface area contributed by atoms with Gasteiger partial charge in [0, 0.05) is 32.4 Å². The maximum atomic E-state index is 13.4. The van der Waals surface area contributed by atoms with E-state index in [1.54, 1.807) is 4.90 Å². The SMILES string of the molecule is O=C(Nc1cc(F)ccc1OC(F)F)N1CC[C@@H]([C@H]2CCOC2)C1. The van der Waals surface area contributed by atoms with Gasteiger partial charge in [0.15, 0.2) is 0 Å². The van der Waals surface area contributed by atoms with Crippen LogP contribution in [0.15, 0.2) is 18.2 Å². The minimum Gasteiger partial charge on any atom is -0.433 e. The molecule has 0 aromatic heterocycles. The molecule has 3 rings (SSSR count). The summed E-state index contributed by atoms with van der Waals surface area (Å²) in [6.07, 6.45) is 1.88. The lowest BCUT2D eigenvalue weighted by Crippen LogP contribution is -2.34. The van der Waals surface area contributed by atoms with Crippen LogP contribution in [0, 0.1) is 17.7 Å². The molecule has 0 saturated carbocycles. The normalized spacial score (nSPS) is 23.8. The molecule has 0 radical (unpaired) electrons. The summed E-state index contributed by atoms with van der Waals surface area (Å²) >= 11 is 0. The minimum absolute atomic E-state index is 0.104. The molecule has 1 aromatic carbocycles. The summed E-state index contributed by atoms with van der Waals surface area (Å²) in [5.74, 6) is -0.0775. The smallest absolute Gasteiger partial charge is 0.387 e. The number of anilines is 1. The van der Waals surface area contributed by atoms with Crippen molar-refractivity contribution in [2.75, 3.05) is 31.6 Å². The molecule has 1 N–H and O–H groups in total. The van der Waals surface area contributed by atoms with Gasteiger partial charge in [-0.1, -0.05) is 0 Å². The zero-order valence-electron chi connectivity index (χ0n) is 13.0. The van der Waals surface area contributed by atoms with Crippen molar-refractivity contribution in [3.05, 3.63) is 24.0 Å². The van der Waals surface area contributed by atoms with Crippen LogP contribution >= 0.6 is 0 Å². The first-order valence-corrected chi connectivity index (χ1v) is 7.91. The van der Waals surface area contributed by atoms with Gasteiger partial charge < -0.3 is 19.7 Å². The third kappa shape index (κ3) is 3.92. The van der Waals surface area contributed by atoms with Crippen LogP contribution in [0.25, 0.3) is 0 Å². The average molecular weight is 344 g/mol. The molecule has 1 aromatic rings. The van der Waals surface area contributed by atoms with E-state index in [1.807, 2.05) is 0 Å². The van der Waals surface area contributed by atoms with E-state index >= 15 is 0 Å². The summed E-state index contributed by atoms with van der Waals surface area (Å²) in [6, 6.07) is 2.59. The molecule has 2 saturated heterocycles. The number of alkyl halides is 2. The second kappa shape index (κ2) is 7.29. The maximum absolute atomic E-state index is 13.4. The van der Waals surface area contributed by atoms with Gasteiger partial charge in [0.1, 0.15) is 11.6 Å². The van der Waals surface area contributed by atoms with Crippen molar-refractivity contribution in [2.45, 2.75) is 19.5 Å². The van der Waals surface area contributed by atoms with Crippen LogP contribution in [-0.4, -0.2) is 43.8 Å². The topological polar surface area (TPSA) is 50.8 Å². The molecule has 132 valence electrons. The van der Waals surface area contributed by atoms with Gasteiger partial charge in [-0.05, 0) is 36.8 Å². The van der Waals surface area contributed by atoms with Crippen molar-refractivity contribution in [3.8, 4) is 5.75 Å². The van der Waals surface area contributed by atoms with Crippen molar-refractivity contribution in [1.29, 1.82) is 0 Å². The van der Waals surface area contributed by atoms with Crippen molar-refractivity contribution in [1.82, 2.24) is 4.90 Å². The van der Waals surface area contributed by atoms with Crippen LogP contribution in [-0.2, 0) is 4.74 Å². The standard InChI is InChI=1S/C16H19F3N2O3/c17-12-1-2-14(24-15(18)19)13(7-12)20-16(22)21-5-3-10(8-21)11-4-6-23-9-11/h1-2,7,10-11,15H,3-6,8-9H2,(H,20,22)/t10-,11+/m1/s1. The Morgan fingerprint density at radius 3 is 2.88 bits per heavy atom. The van der Waals surface area contributed by atoms with E-state index < -0.39 is 18.5 Å². The number of carbonyl (C=O) groups is 1. The van der Waals surface area contributed by atoms with Gasteiger partial charge in [0.25, 0.3) is 0 Å². The Balaban J connectivity index is 1.63. The van der Waals surface area contributed by atoms with Crippen LogP contribution in [0.2, 0.25) is 0 Å². The Hall–Kier alpha value is -1.96. The number of likely N-dealkylation sites (tertiary alicyclic amines) is 1. The number of rotatable bonds is 4. The molecular formula is C16H19F3N2O3. The van der Waals surface area contributed by atoms with Crippen molar-refractivity contribution in [2.24, 2.45) is 11.8 Å². The Labute approximate surface area is 137 Å². The molecule has 8 heteroatoms. The predicted octanol–water partition coefficient (Wildman–Crippen LogP) is 3.32. The number of nitrogens with one attached hydrogen (secondary N) is 1. The van der Waals surface area contributed by atoms with E-state index in [0.717, 1.165) is 44.3 Å². The zero-order chi connectivity index (χ0) is 17.1. The Morgan fingerprint density at radius 1 is 1.33 bits per heavy atom. The second-order valence-corrected chi connectivity index (χ2v) is 6.07. The van der Waals surface area contributed by atoms with Gasteiger partial charge in [-0.3, -0.25) is 0 Å². The van der Waals surface area contributed by atoms with Gasteiger partial charge in [-0.25, -0.2) is 9.18 Å². The van der Waals surface area contributed by atoms with Crippen molar-refractivity contribution < 1.29 is 27.4 Å². The lowest BCUT2D eigenvalue weighted by atomic mass is 9.91. The summed E-state index contributed by atoms with van der Waals surface area (Å²) in [4.78, 5) is 14.0. The number of halogens is 3. The van der Waals surface area contributed by atoms with E-state index in [9.17, 15) is 18.0 Å². The number of ether oxygens (including phenoxy) is 2. The molecule has 2 amide bonds. The van der Waals surface area contributed by atoms with Crippen molar-refractivity contribution >= 4 is 11.7 Å². The first-order chi connectivity index (χ1) is 11.5. The maximum Gasteiger partial charge on any atom is 0.387 e. The lowest BCUT2D eigenvalue weighted by Gasteiger charge is -2.20. The van der Waals surface area contributed by atoms with E-state index in [0.29, 0.717) is 24.9 Å². The molecule has 0 bridgehead atoms. The molecule has 2 atom stereocenters. The Kier molecular flexibility index (Phi) is 5.13. The third-order valence-corrected chi connectivity index (χ3v) is 4.54. The quantitative estimate of drug-likeness (QED) is 0.912. The van der Waals surface area contributed by atoms with Gasteiger partial charge in [0.05, 0.1) is 5.69 Å². The van der Waals surface area contributed by atoms with Crippen LogP contribution in [0.4, 0.5) is 23.7 Å². The summed E-state index contributed by atoms with van der Waals surface area (Å²) in [7, 11) is 0. The minimum atomic E-state index is -3.05. The van der Waals surface area contributed by atoms with Gasteiger partial charge >= 0.3 is 12.6 Å². The fraction of sp³-hybridized carbons (Fsp3) is 0.562. The number of hydrogen-bond acceptors (Lipinski definition) is 3. The Morgan fingerprint density at radius 2 is 2.17 bits per heavy atom. The third-order valence-electron chi connectivity index (χ3n) is 4.54. The average Bonchev–Trinajstić information content (AvgIpc) is 3.19. The molecule has 5 nitrogen and oxygen atoms in total. The van der Waals surface area contributed by atoms with Crippen LogP contribution in [0.1, 0.15) is 12.8 Å². The van der Waals surface area contributed by atoms with Gasteiger partial charge in [0.2, 0.25) is 0 Å². The second-order valence-electron chi connectivity index (χ2n) is 6.07. The molecule has 0 spiro atoms. The highest BCUT2D eigenvalue weighted by Crippen LogP contribution is 2.31. The van der Waals surface area contributed by atoms with E-state index in [4.69, 9.17) is 4.74 Å². The van der Waals surface area contributed by atoms with E-state index in [2.05, 4.69) is 10.1 Å². The number of hydrogen-bond donors (Lipinski definition) is 1. The molecule has 2 aliphatic rings. The molecular weight excluding hydrogens is 325 g/mol. The number of benzene rings is 1. The molecule has 0 aliphatic carbocycles. The number of nitrogens with zero attached hydrogens (tertiary/aromatic N) is 1. The monoisotopic (exact) mass is 344 g/mol. The van der Waals surface area contributed by atoms with Crippen LogP contribution in [0.5, 0.6) is 5.75 Å². The fourth-order valence-corrected chi connectivity index (χ4v) is 3.27. The zero-order valence-corrected chi connectivity index (χ0v) is 13.0. The van der Waals surface area contributed by atoms with E-state index in [1.165, 1.54) is 0 Å². The largest absolute Gasteiger partial charge is 0.433 e. The summed E-state index contributed by atoms with van der Waals surface area (Å²) in [5.41, 5.74) is -0.104. The fourth-order valence-electron chi connectivity index (χ4n) is 3.27. The number of carbonyl (C=O) groups excluding carboxylic acids is 1. The van der Waals surface area contributed by atoms with Gasteiger partial charge in [-0.15, -0.1) is 0 Å². The predicted molar refractivity (Wildman–Crippen MR) is 80.7 cm³/mol. The molecule has 2 fully saturated rings. The summed E-state index contributed by atoms with van der Waals surface area (Å²) in [5, 5.41) is 2.47. The van der Waals surface area contributed by atoms with Crippen LogP contribution in [0.3, 0.4) is 0 Å². The highest BCUT2D eigenvalue weighted by Gasteiger charge is 2.34. The van der Waals surface area contributed by atoms with E-state index in [-0.39, 0.29) is 11.4 Å². The number of urea groups is 1. The molecule has 0 unspecified atom stereocenters. The highest BCUT2D eigenvalue weighted by atomic mass is 19.3. The molecule has 24 heavy (non-hydrogen) atoms. The number of amides is 2. The van der Waals surface area contributed by atoms with Crippen LogP contribution < -0.4 is 10.1 Å². The molecule has 2 aliphatic heterocycles. The summed E-state index contributed by atoms with van der Waals surface area (Å²) in [6.45, 7) is -0.417.